The topological polar surface area (TPSA) is 96.5 Å². The van der Waals surface area contributed by atoms with E-state index in [0.29, 0.717) is 12.1 Å². The first-order valence-electron chi connectivity index (χ1n) is 11.4. The van der Waals surface area contributed by atoms with E-state index in [1.807, 2.05) is 0 Å². The van der Waals surface area contributed by atoms with Crippen molar-refractivity contribution < 1.29 is 41.1 Å². The molecule has 0 bridgehead atoms. The zero-order chi connectivity index (χ0) is 28.1. The standard InChI is InChI=1S/C26H17ClF5N3O4/c27-19-2-1-14(28)6-17(19)22-21-18(25(38)35-22)7-16(33-24(37)12-9-39-10-12)8-20(21)34-23(36)11-3-13(26(30,31)32)5-15(29)4-11/h1-8,12,22H,9-10H2,(H,33,37)(H,34,36)(H,35,38). The Bertz CT molecular complexity index is 1520. The van der Waals surface area contributed by atoms with Crippen molar-refractivity contribution in [2.45, 2.75) is 12.2 Å². The molecular weight excluding hydrogens is 549 g/mol. The molecule has 2 aliphatic heterocycles. The van der Waals surface area contributed by atoms with Crippen molar-refractivity contribution in [1.82, 2.24) is 5.32 Å². The van der Waals surface area contributed by atoms with Gasteiger partial charge in [0.05, 0.1) is 30.7 Å². The van der Waals surface area contributed by atoms with Gasteiger partial charge >= 0.3 is 6.18 Å². The fourth-order valence-electron chi connectivity index (χ4n) is 4.29. The van der Waals surface area contributed by atoms with Crippen molar-refractivity contribution in [2.75, 3.05) is 23.8 Å². The fourth-order valence-corrected chi connectivity index (χ4v) is 4.51. The summed E-state index contributed by atoms with van der Waals surface area (Å²) in [5.41, 5.74) is -1.76. The number of halogens is 6. The highest BCUT2D eigenvalue weighted by Gasteiger charge is 2.36. The summed E-state index contributed by atoms with van der Waals surface area (Å²) in [5.74, 6) is -4.56. The Kier molecular flexibility index (Phi) is 6.77. The minimum absolute atomic E-state index is 0.00601. The van der Waals surface area contributed by atoms with E-state index >= 15 is 0 Å². The first kappa shape index (κ1) is 26.6. The van der Waals surface area contributed by atoms with Crippen LogP contribution in [-0.2, 0) is 15.7 Å². The number of carbonyl (C=O) groups is 3. The van der Waals surface area contributed by atoms with Gasteiger partial charge in [0, 0.05) is 38.7 Å². The van der Waals surface area contributed by atoms with Gasteiger partial charge in [-0.3, -0.25) is 14.4 Å². The van der Waals surface area contributed by atoms with Crippen molar-refractivity contribution in [3.63, 3.8) is 0 Å². The normalized spacial score (nSPS) is 16.8. The van der Waals surface area contributed by atoms with E-state index in [4.69, 9.17) is 16.3 Å². The van der Waals surface area contributed by atoms with Crippen molar-refractivity contribution >= 4 is 40.7 Å². The molecule has 3 aromatic carbocycles. The summed E-state index contributed by atoms with van der Waals surface area (Å²) in [7, 11) is 0. The highest BCUT2D eigenvalue weighted by molar-refractivity contribution is 6.31. The van der Waals surface area contributed by atoms with Crippen LogP contribution in [0.3, 0.4) is 0 Å². The molecule has 1 saturated heterocycles. The Morgan fingerprint density at radius 3 is 2.38 bits per heavy atom. The van der Waals surface area contributed by atoms with Crippen LogP contribution in [0, 0.1) is 17.6 Å². The largest absolute Gasteiger partial charge is 0.416 e. The van der Waals surface area contributed by atoms with Crippen LogP contribution in [0.4, 0.5) is 33.3 Å². The number of hydrogen-bond donors (Lipinski definition) is 3. The molecular formula is C26H17ClF5N3O4. The van der Waals surface area contributed by atoms with Gasteiger partial charge in [0.2, 0.25) is 5.91 Å². The van der Waals surface area contributed by atoms with Crippen LogP contribution in [0.1, 0.15) is 43.4 Å². The molecule has 2 aliphatic rings. The van der Waals surface area contributed by atoms with Crippen LogP contribution in [0.25, 0.3) is 0 Å². The molecule has 3 amide bonds. The number of rotatable bonds is 5. The van der Waals surface area contributed by atoms with Crippen LogP contribution in [-0.4, -0.2) is 30.9 Å². The molecule has 5 rings (SSSR count). The Hall–Kier alpha value is -4.03. The lowest BCUT2D eigenvalue weighted by molar-refractivity contribution is -0.137. The highest BCUT2D eigenvalue weighted by atomic mass is 35.5. The molecule has 0 radical (unpaired) electrons. The van der Waals surface area contributed by atoms with Gasteiger partial charge in [-0.15, -0.1) is 0 Å². The maximum Gasteiger partial charge on any atom is 0.416 e. The molecule has 0 aromatic heterocycles. The Morgan fingerprint density at radius 2 is 1.72 bits per heavy atom. The van der Waals surface area contributed by atoms with Crippen molar-refractivity contribution in [2.24, 2.45) is 5.92 Å². The molecule has 0 saturated carbocycles. The van der Waals surface area contributed by atoms with E-state index in [-0.39, 0.29) is 52.4 Å². The first-order chi connectivity index (χ1) is 18.4. The lowest BCUT2D eigenvalue weighted by Crippen LogP contribution is -2.38. The number of benzene rings is 3. The van der Waals surface area contributed by atoms with E-state index in [9.17, 15) is 36.3 Å². The van der Waals surface area contributed by atoms with Gasteiger partial charge in [-0.25, -0.2) is 8.78 Å². The number of nitrogens with one attached hydrogen (secondary N) is 3. The zero-order valence-electron chi connectivity index (χ0n) is 19.6. The average Bonchev–Trinajstić information content (AvgIpc) is 3.15. The van der Waals surface area contributed by atoms with Crippen molar-refractivity contribution in [3.05, 3.63) is 93.0 Å². The molecule has 39 heavy (non-hydrogen) atoms. The second-order valence-electron chi connectivity index (χ2n) is 8.96. The lowest BCUT2D eigenvalue weighted by Gasteiger charge is -2.25. The van der Waals surface area contributed by atoms with Crippen molar-refractivity contribution in [1.29, 1.82) is 0 Å². The summed E-state index contributed by atoms with van der Waals surface area (Å²) in [6.07, 6.45) is -4.91. The summed E-state index contributed by atoms with van der Waals surface area (Å²) < 4.78 is 72.7. The first-order valence-corrected chi connectivity index (χ1v) is 11.8. The van der Waals surface area contributed by atoms with Crippen LogP contribution >= 0.6 is 11.6 Å². The number of fused-ring (bicyclic) bond motifs is 1. The molecule has 2 heterocycles. The van der Waals surface area contributed by atoms with Gasteiger partial charge in [0.15, 0.2) is 0 Å². The fraction of sp³-hybridized carbons (Fsp3) is 0.192. The van der Waals surface area contributed by atoms with Gasteiger partial charge in [-0.2, -0.15) is 13.2 Å². The summed E-state index contributed by atoms with van der Waals surface area (Å²) in [6, 6.07) is 6.39. The third-order valence-electron chi connectivity index (χ3n) is 6.27. The quantitative estimate of drug-likeness (QED) is 0.366. The predicted octanol–water partition coefficient (Wildman–Crippen LogP) is 5.31. The van der Waals surface area contributed by atoms with E-state index in [1.165, 1.54) is 18.2 Å². The van der Waals surface area contributed by atoms with E-state index in [0.717, 1.165) is 12.1 Å². The monoisotopic (exact) mass is 565 g/mol. The molecule has 7 nitrogen and oxygen atoms in total. The molecule has 3 N–H and O–H groups in total. The molecule has 1 fully saturated rings. The third-order valence-corrected chi connectivity index (χ3v) is 6.61. The smallest absolute Gasteiger partial charge is 0.380 e. The number of ether oxygens (including phenoxy) is 1. The molecule has 0 aliphatic carbocycles. The summed E-state index contributed by atoms with van der Waals surface area (Å²) in [4.78, 5) is 38.5. The Morgan fingerprint density at radius 1 is 0.974 bits per heavy atom. The lowest BCUT2D eigenvalue weighted by atomic mass is 9.95. The third kappa shape index (κ3) is 5.30. The molecule has 1 atom stereocenters. The van der Waals surface area contributed by atoms with E-state index in [1.54, 1.807) is 0 Å². The van der Waals surface area contributed by atoms with Crippen LogP contribution in [0.5, 0.6) is 0 Å². The zero-order valence-corrected chi connectivity index (χ0v) is 20.3. The Labute approximate surface area is 222 Å². The molecule has 202 valence electrons. The Balaban J connectivity index is 1.59. The summed E-state index contributed by atoms with van der Waals surface area (Å²) >= 11 is 6.26. The highest BCUT2D eigenvalue weighted by Crippen LogP contribution is 2.41. The van der Waals surface area contributed by atoms with Crippen LogP contribution in [0.15, 0.2) is 48.5 Å². The second-order valence-corrected chi connectivity index (χ2v) is 9.37. The summed E-state index contributed by atoms with van der Waals surface area (Å²) in [6.45, 7) is 0.393. The average molecular weight is 566 g/mol. The minimum atomic E-state index is -4.91. The van der Waals surface area contributed by atoms with Gasteiger partial charge in [0.1, 0.15) is 11.6 Å². The number of carbonyl (C=O) groups excluding carboxylic acids is 3. The molecule has 0 spiro atoms. The molecule has 3 aromatic rings. The number of amides is 3. The molecule has 13 heteroatoms. The van der Waals surface area contributed by atoms with E-state index < -0.39 is 58.6 Å². The maximum absolute atomic E-state index is 14.1. The SMILES string of the molecule is O=C(Nc1cc(NC(=O)C2COC2)cc2c1C(c1cc(F)ccc1Cl)NC2=O)c1cc(F)cc(C(F)(F)F)c1. The van der Waals surface area contributed by atoms with Gasteiger partial charge in [-0.05, 0) is 48.5 Å². The van der Waals surface area contributed by atoms with Gasteiger partial charge in [-0.1, -0.05) is 11.6 Å². The number of anilines is 2. The van der Waals surface area contributed by atoms with Gasteiger partial charge < -0.3 is 20.7 Å². The van der Waals surface area contributed by atoms with Crippen LogP contribution in [0.2, 0.25) is 5.02 Å². The van der Waals surface area contributed by atoms with Crippen LogP contribution < -0.4 is 16.0 Å². The predicted molar refractivity (Wildman–Crippen MR) is 129 cm³/mol. The number of hydrogen-bond acceptors (Lipinski definition) is 4. The number of alkyl halides is 3. The van der Waals surface area contributed by atoms with Crippen molar-refractivity contribution in [3.8, 4) is 0 Å². The maximum atomic E-state index is 14.1. The molecule has 1 unspecified atom stereocenters. The second kappa shape index (κ2) is 9.93. The van der Waals surface area contributed by atoms with E-state index in [2.05, 4.69) is 16.0 Å². The van der Waals surface area contributed by atoms with Gasteiger partial charge in [0.25, 0.3) is 11.8 Å². The summed E-state index contributed by atoms with van der Waals surface area (Å²) in [5, 5.41) is 7.76. The minimum Gasteiger partial charge on any atom is -0.380 e.